The average molecular weight is 945 g/mol. The molecule has 5 aromatic rings. The Morgan fingerprint density at radius 2 is 1.51 bits per heavy atom. The molecule has 3 amide bonds. The second-order valence-electron chi connectivity index (χ2n) is 19.6. The van der Waals surface area contributed by atoms with Crippen LogP contribution in [-0.4, -0.2) is 99.6 Å². The van der Waals surface area contributed by atoms with Gasteiger partial charge in [-0.05, 0) is 140 Å². The van der Waals surface area contributed by atoms with Gasteiger partial charge >= 0.3 is 0 Å². The number of rotatable bonds is 22. The van der Waals surface area contributed by atoms with E-state index in [-0.39, 0.29) is 54.0 Å². The van der Waals surface area contributed by atoms with Gasteiger partial charge in [-0.25, -0.2) is 0 Å². The van der Waals surface area contributed by atoms with Gasteiger partial charge in [-0.2, -0.15) is 0 Å². The van der Waals surface area contributed by atoms with Gasteiger partial charge in [0.25, 0.3) is 0 Å². The number of hydrogen-bond acceptors (Lipinski definition) is 10. The minimum Gasteiger partial charge on any atom is -0.508 e. The number of likely N-dealkylation sites (N-methyl/N-ethyl adjacent to an activating group) is 1. The minimum atomic E-state index is -0.850. The van der Waals surface area contributed by atoms with Crippen LogP contribution in [0.5, 0.6) is 17.2 Å². The Labute approximate surface area is 404 Å². The van der Waals surface area contributed by atoms with Crippen molar-refractivity contribution in [2.75, 3.05) is 32.8 Å². The maximum Gasteiger partial charge on any atom is 0.246 e. The number of amides is 3. The fourth-order valence-corrected chi connectivity index (χ4v) is 10.3. The summed E-state index contributed by atoms with van der Waals surface area (Å²) in [6.07, 6.45) is 6.68. The van der Waals surface area contributed by atoms with Crippen molar-refractivity contribution in [1.29, 1.82) is 0 Å². The second kappa shape index (κ2) is 22.6. The van der Waals surface area contributed by atoms with Crippen molar-refractivity contribution in [3.05, 3.63) is 113 Å². The predicted molar refractivity (Wildman–Crippen MR) is 268 cm³/mol. The molecule has 0 radical (unpaired) electrons. The molecule has 7 rings (SSSR count). The molecule has 12 nitrogen and oxygen atoms in total. The first-order valence-electron chi connectivity index (χ1n) is 24.3. The highest BCUT2D eigenvalue weighted by molar-refractivity contribution is 7.22. The second-order valence-corrected chi connectivity index (χ2v) is 20.7. The number of hydrogen-bond donors (Lipinski definition) is 5. The van der Waals surface area contributed by atoms with E-state index in [0.717, 1.165) is 71.4 Å². The standard InChI is InChI=1S/C55H68N4O8S/c1-6-58(30-31-67-44-26-21-39(22-27-44)50(64)49-45-28-25-42(61)33-47(45)68-51(49)40-19-23-41(60)24-20-40)29-11-9-7-8-10-12-48(63)57-52(55(3,4)5)54(66)59-34-43(62)32-46(59)53(65)56-35(2)36-13-15-37(16-14-36)38-17-18-38/h13-16,19-28,33,35,38,43,46,52,60-62H,6-12,17-18,29-32,34H2,1-5H3,(H,56,65)(H,57,63)/t35-,43+,46-,52+/m0/s1. The van der Waals surface area contributed by atoms with Gasteiger partial charge in [0.1, 0.15) is 35.9 Å². The van der Waals surface area contributed by atoms with Crippen molar-refractivity contribution in [2.24, 2.45) is 5.41 Å². The largest absolute Gasteiger partial charge is 0.508 e. The number of ketones is 1. The van der Waals surface area contributed by atoms with Gasteiger partial charge in [-0.1, -0.05) is 71.2 Å². The molecule has 1 saturated carbocycles. The summed E-state index contributed by atoms with van der Waals surface area (Å²) in [6.45, 7) is 12.9. The zero-order valence-corrected chi connectivity index (χ0v) is 40.9. The summed E-state index contributed by atoms with van der Waals surface area (Å²) in [4.78, 5) is 59.4. The van der Waals surface area contributed by atoms with Crippen LogP contribution >= 0.6 is 11.3 Å². The molecule has 0 bridgehead atoms. The molecule has 4 aromatic carbocycles. The van der Waals surface area contributed by atoms with Crippen LogP contribution in [0.1, 0.15) is 131 Å². The van der Waals surface area contributed by atoms with Crippen molar-refractivity contribution in [2.45, 2.75) is 123 Å². The Hall–Kier alpha value is -5.76. The lowest BCUT2D eigenvalue weighted by Gasteiger charge is -2.35. The summed E-state index contributed by atoms with van der Waals surface area (Å²) in [6, 6.07) is 25.4. The lowest BCUT2D eigenvalue weighted by Crippen LogP contribution is -2.57. The highest BCUT2D eigenvalue weighted by Crippen LogP contribution is 2.42. The molecule has 2 fully saturated rings. The number of aromatic hydroxyl groups is 2. The number of unbranched alkanes of at least 4 members (excludes halogenated alkanes) is 4. The zero-order chi connectivity index (χ0) is 48.5. The Morgan fingerprint density at radius 3 is 2.19 bits per heavy atom. The Bertz CT molecular complexity index is 2510. The van der Waals surface area contributed by atoms with Crippen molar-refractivity contribution in [1.82, 2.24) is 20.4 Å². The van der Waals surface area contributed by atoms with Crippen LogP contribution in [-0.2, 0) is 14.4 Å². The number of thiophene rings is 1. The maximum absolute atomic E-state index is 14.1. The van der Waals surface area contributed by atoms with Crippen LogP contribution in [0.3, 0.4) is 0 Å². The summed E-state index contributed by atoms with van der Waals surface area (Å²) in [5.74, 6) is 0.605. The average Bonchev–Trinajstić information content (AvgIpc) is 4.00. The number of benzene rings is 4. The van der Waals surface area contributed by atoms with E-state index >= 15 is 0 Å². The number of β-amino-alcohol motifs (C(OH)–C–C–N with tert-alkyl or cyclic N) is 1. The Morgan fingerprint density at radius 1 is 0.838 bits per heavy atom. The zero-order valence-electron chi connectivity index (χ0n) is 40.1. The van der Waals surface area contributed by atoms with Gasteiger partial charge in [-0.3, -0.25) is 19.2 Å². The first-order chi connectivity index (χ1) is 32.6. The van der Waals surface area contributed by atoms with Crippen LogP contribution < -0.4 is 15.4 Å². The number of likely N-dealkylation sites (tertiary alicyclic amines) is 1. The van der Waals surface area contributed by atoms with Crippen LogP contribution in [0.4, 0.5) is 0 Å². The van der Waals surface area contributed by atoms with Gasteiger partial charge in [0.2, 0.25) is 17.7 Å². The molecule has 2 heterocycles. The Kier molecular flexibility index (Phi) is 16.6. The first kappa shape index (κ1) is 50.1. The topological polar surface area (TPSA) is 169 Å². The summed E-state index contributed by atoms with van der Waals surface area (Å²) in [5.41, 5.74) is 3.58. The number of phenolic OH excluding ortho intramolecular Hbond substituents is 2. The monoisotopic (exact) mass is 944 g/mol. The normalized spacial score (nSPS) is 17.0. The third kappa shape index (κ3) is 12.9. The maximum atomic E-state index is 14.1. The van der Waals surface area contributed by atoms with Crippen LogP contribution in [0, 0.1) is 5.41 Å². The molecular formula is C55H68N4O8S. The number of carbonyl (C=O) groups is 4. The summed E-state index contributed by atoms with van der Waals surface area (Å²) in [5, 5.41) is 37.4. The third-order valence-corrected chi connectivity index (χ3v) is 14.5. The van der Waals surface area contributed by atoms with E-state index in [9.17, 15) is 34.5 Å². The molecule has 0 unspecified atom stereocenters. The molecule has 1 aliphatic carbocycles. The molecule has 13 heteroatoms. The van der Waals surface area contributed by atoms with Gasteiger partial charge in [-0.15, -0.1) is 11.3 Å². The van der Waals surface area contributed by atoms with E-state index in [1.54, 1.807) is 54.6 Å². The number of aliphatic hydroxyl groups is 1. The first-order valence-corrected chi connectivity index (χ1v) is 25.1. The Balaban J connectivity index is 0.809. The fourth-order valence-electron chi connectivity index (χ4n) is 9.07. The molecule has 0 spiro atoms. The fraction of sp³-hybridized carbons (Fsp3) is 0.455. The summed E-state index contributed by atoms with van der Waals surface area (Å²) < 4.78 is 6.89. The molecule has 1 aromatic heterocycles. The van der Waals surface area contributed by atoms with Gasteiger partial charge in [0.15, 0.2) is 5.78 Å². The van der Waals surface area contributed by atoms with E-state index in [0.29, 0.717) is 42.2 Å². The number of aliphatic hydroxyl groups excluding tert-OH is 1. The van der Waals surface area contributed by atoms with Gasteiger partial charge < -0.3 is 40.5 Å². The van der Waals surface area contributed by atoms with Gasteiger partial charge in [0.05, 0.1) is 12.1 Å². The highest BCUT2D eigenvalue weighted by Gasteiger charge is 2.44. The summed E-state index contributed by atoms with van der Waals surface area (Å²) in [7, 11) is 0. The van der Waals surface area contributed by atoms with E-state index in [1.807, 2.05) is 52.0 Å². The van der Waals surface area contributed by atoms with Crippen LogP contribution in [0.25, 0.3) is 20.5 Å². The quantitative estimate of drug-likeness (QED) is 0.0335. The number of carbonyl (C=O) groups excluding carboxylic acids is 4. The minimum absolute atomic E-state index is 0.0402. The van der Waals surface area contributed by atoms with Crippen molar-refractivity contribution in [3.8, 4) is 27.7 Å². The van der Waals surface area contributed by atoms with Gasteiger partial charge in [0, 0.05) is 52.0 Å². The van der Waals surface area contributed by atoms with Crippen LogP contribution in [0.15, 0.2) is 91.0 Å². The number of phenols is 2. The molecule has 362 valence electrons. The molecule has 68 heavy (non-hydrogen) atoms. The smallest absolute Gasteiger partial charge is 0.246 e. The molecular weight excluding hydrogens is 877 g/mol. The predicted octanol–water partition coefficient (Wildman–Crippen LogP) is 9.50. The molecule has 4 atom stereocenters. The highest BCUT2D eigenvalue weighted by atomic mass is 32.1. The van der Waals surface area contributed by atoms with Crippen molar-refractivity contribution >= 4 is 44.9 Å². The number of nitrogens with one attached hydrogen (secondary N) is 2. The van der Waals surface area contributed by atoms with E-state index in [2.05, 4.69) is 34.6 Å². The van der Waals surface area contributed by atoms with E-state index < -0.39 is 23.6 Å². The molecule has 1 saturated heterocycles. The third-order valence-electron chi connectivity index (χ3n) is 13.3. The SMILES string of the molecule is CCN(CCCCCCCC(=O)N[C@H](C(=O)N1C[C@H](O)C[C@H]1C(=O)N[C@@H](C)c1ccc(C2CC2)cc1)C(C)(C)C)CCOc1ccc(C(=O)c2c(-c3ccc(O)cc3)sc3cc(O)ccc23)cc1. The number of ether oxygens (including phenoxy) is 1. The van der Waals surface area contributed by atoms with E-state index in [1.165, 1.54) is 34.6 Å². The van der Waals surface area contributed by atoms with Crippen molar-refractivity contribution < 1.29 is 39.2 Å². The molecule has 1 aliphatic heterocycles. The van der Waals surface area contributed by atoms with Crippen LogP contribution in [0.2, 0.25) is 0 Å². The molecule has 2 aliphatic rings. The van der Waals surface area contributed by atoms with Crippen molar-refractivity contribution in [3.63, 3.8) is 0 Å². The summed E-state index contributed by atoms with van der Waals surface area (Å²) >= 11 is 1.43. The van der Waals surface area contributed by atoms with E-state index in [4.69, 9.17) is 4.74 Å². The lowest BCUT2D eigenvalue weighted by molar-refractivity contribution is -0.144. The molecule has 5 N–H and O–H groups in total. The number of fused-ring (bicyclic) bond motifs is 1. The number of nitrogens with zero attached hydrogens (tertiary/aromatic N) is 2. The lowest BCUT2D eigenvalue weighted by atomic mass is 9.85.